The van der Waals surface area contributed by atoms with E-state index < -0.39 is 11.5 Å². The first-order valence-electron chi connectivity index (χ1n) is 12.0. The highest BCUT2D eigenvalue weighted by atomic mass is 35.5. The molecule has 4 aromatic carbocycles. The molecule has 0 saturated heterocycles. The summed E-state index contributed by atoms with van der Waals surface area (Å²) in [5.74, 6) is 0.418. The van der Waals surface area contributed by atoms with Crippen LogP contribution >= 0.6 is 11.6 Å². The van der Waals surface area contributed by atoms with E-state index in [4.69, 9.17) is 16.3 Å². The second-order valence-corrected chi connectivity index (χ2v) is 9.07. The lowest BCUT2D eigenvalue weighted by Crippen LogP contribution is -2.41. The molecule has 0 atom stereocenters. The van der Waals surface area contributed by atoms with Crippen LogP contribution in [0.15, 0.2) is 91.0 Å². The largest absolute Gasteiger partial charge is 0.478 e. The minimum Gasteiger partial charge on any atom is -0.478 e. The average molecular weight is 499 g/mol. The predicted octanol–water partition coefficient (Wildman–Crippen LogP) is 7.39. The van der Waals surface area contributed by atoms with Gasteiger partial charge < -0.3 is 20.1 Å². The summed E-state index contributed by atoms with van der Waals surface area (Å²) in [6.45, 7) is 5.46. The third kappa shape index (κ3) is 3.86. The number of carbonyl (C=O) groups is 1. The summed E-state index contributed by atoms with van der Waals surface area (Å²) in [5, 5.41) is 14.5. The van der Waals surface area contributed by atoms with Gasteiger partial charge >= 0.3 is 5.97 Å². The van der Waals surface area contributed by atoms with E-state index in [2.05, 4.69) is 5.32 Å². The molecule has 0 spiro atoms. The minimum absolute atomic E-state index is 0.248. The minimum atomic E-state index is -0.972. The average Bonchev–Trinajstić information content (AvgIpc) is 2.90. The number of nitrogens with one attached hydrogen (secondary N) is 1. The van der Waals surface area contributed by atoms with Crippen LogP contribution in [0.4, 0.5) is 11.4 Å². The van der Waals surface area contributed by atoms with E-state index in [1.54, 1.807) is 6.07 Å². The van der Waals surface area contributed by atoms with Crippen LogP contribution in [-0.4, -0.2) is 24.2 Å². The number of carboxylic acids is 1. The number of halogens is 1. The van der Waals surface area contributed by atoms with Crippen LogP contribution in [0.3, 0.4) is 0 Å². The van der Waals surface area contributed by atoms with Crippen LogP contribution in [-0.2, 0) is 5.54 Å². The Bertz CT molecular complexity index is 1390. The number of carboxylic acid groups (broad SMARTS) is 1. The Labute approximate surface area is 215 Å². The lowest BCUT2D eigenvalue weighted by atomic mass is 9.74. The van der Waals surface area contributed by atoms with Gasteiger partial charge in [-0.05, 0) is 55.8 Å². The zero-order valence-electron chi connectivity index (χ0n) is 20.2. The van der Waals surface area contributed by atoms with E-state index in [1.165, 1.54) is 0 Å². The van der Waals surface area contributed by atoms with Crippen molar-refractivity contribution in [3.8, 4) is 11.5 Å². The van der Waals surface area contributed by atoms with Gasteiger partial charge in [0.15, 0.2) is 0 Å². The molecule has 2 N–H and O–H groups in total. The second kappa shape index (κ2) is 9.59. The zero-order valence-corrected chi connectivity index (χ0v) is 20.9. The van der Waals surface area contributed by atoms with Gasteiger partial charge in [0.25, 0.3) is 0 Å². The number of anilines is 2. The first kappa shape index (κ1) is 23.8. The van der Waals surface area contributed by atoms with Crippen molar-refractivity contribution in [1.82, 2.24) is 0 Å². The molecular formula is C30H27ClN2O3. The van der Waals surface area contributed by atoms with E-state index in [0.717, 1.165) is 22.4 Å². The Hall–Kier alpha value is -3.96. The monoisotopic (exact) mass is 498 g/mol. The Morgan fingerprint density at radius 1 is 0.889 bits per heavy atom. The summed E-state index contributed by atoms with van der Waals surface area (Å²) in [6, 6.07) is 28.9. The molecule has 1 heterocycles. The number of nitrogens with zero attached hydrogens (tertiary/aromatic N) is 1. The van der Waals surface area contributed by atoms with Crippen molar-refractivity contribution in [3.63, 3.8) is 0 Å². The molecule has 182 valence electrons. The molecule has 0 fully saturated rings. The Kier molecular flexibility index (Phi) is 6.33. The SMILES string of the molecule is CCN(CC)c1ccc(C2(Nc3ccccc3Cl)c3ccccc3Oc3ccccc32)cc1C(=O)O. The molecule has 5 nitrogen and oxygen atoms in total. The van der Waals surface area contributed by atoms with Crippen molar-refractivity contribution >= 4 is 28.9 Å². The van der Waals surface area contributed by atoms with Gasteiger partial charge in [0.2, 0.25) is 0 Å². The first-order chi connectivity index (χ1) is 17.5. The van der Waals surface area contributed by atoms with Crippen LogP contribution in [0.5, 0.6) is 11.5 Å². The molecule has 0 unspecified atom stereocenters. The van der Waals surface area contributed by atoms with Crippen LogP contribution in [0, 0.1) is 0 Å². The van der Waals surface area contributed by atoms with Crippen molar-refractivity contribution in [2.24, 2.45) is 0 Å². The molecular weight excluding hydrogens is 472 g/mol. The van der Waals surface area contributed by atoms with Gasteiger partial charge in [-0.2, -0.15) is 0 Å². The van der Waals surface area contributed by atoms with Gasteiger partial charge in [-0.1, -0.05) is 66.2 Å². The molecule has 0 aliphatic carbocycles. The number of rotatable bonds is 7. The standard InChI is InChI=1S/C30H27ClN2O3/c1-3-33(4-2)26-18-17-20(19-21(26)29(34)35)30(32-25-14-8-7-13-24(25)31)22-11-5-9-15-27(22)36-28-16-10-6-12-23(28)30/h5-19,32H,3-4H2,1-2H3,(H,34,35). The van der Waals surface area contributed by atoms with Gasteiger partial charge in [-0.3, -0.25) is 0 Å². The van der Waals surface area contributed by atoms with Crippen LogP contribution in [0.25, 0.3) is 0 Å². The van der Waals surface area contributed by atoms with Gasteiger partial charge in [0.05, 0.1) is 22.0 Å². The summed E-state index contributed by atoms with van der Waals surface area (Å²) in [4.78, 5) is 14.6. The molecule has 0 amide bonds. The van der Waals surface area contributed by atoms with Crippen molar-refractivity contribution in [2.45, 2.75) is 19.4 Å². The number of fused-ring (bicyclic) bond motifs is 2. The van der Waals surface area contributed by atoms with E-state index in [1.807, 2.05) is 104 Å². The van der Waals surface area contributed by atoms with E-state index in [0.29, 0.717) is 35.3 Å². The van der Waals surface area contributed by atoms with Gasteiger partial charge in [-0.25, -0.2) is 4.79 Å². The predicted molar refractivity (Wildman–Crippen MR) is 145 cm³/mol. The lowest BCUT2D eigenvalue weighted by molar-refractivity contribution is 0.0697. The maximum atomic E-state index is 12.5. The zero-order chi connectivity index (χ0) is 25.3. The first-order valence-corrected chi connectivity index (χ1v) is 12.4. The second-order valence-electron chi connectivity index (χ2n) is 8.66. The molecule has 1 aliphatic heterocycles. The van der Waals surface area contributed by atoms with Crippen molar-refractivity contribution in [2.75, 3.05) is 23.3 Å². The maximum Gasteiger partial charge on any atom is 0.337 e. The van der Waals surface area contributed by atoms with Gasteiger partial charge in [0, 0.05) is 24.2 Å². The molecule has 4 aromatic rings. The van der Waals surface area contributed by atoms with E-state index in [-0.39, 0.29) is 5.56 Å². The number of para-hydroxylation sites is 3. The summed E-state index contributed by atoms with van der Waals surface area (Å²) in [6.07, 6.45) is 0. The highest BCUT2D eigenvalue weighted by Crippen LogP contribution is 2.52. The normalized spacial score (nSPS) is 13.2. The fourth-order valence-electron chi connectivity index (χ4n) is 5.06. The maximum absolute atomic E-state index is 12.5. The third-order valence-corrected chi connectivity index (χ3v) is 7.09. The van der Waals surface area contributed by atoms with E-state index in [9.17, 15) is 9.90 Å². The van der Waals surface area contributed by atoms with Gasteiger partial charge in [-0.15, -0.1) is 0 Å². The molecule has 0 bridgehead atoms. The van der Waals surface area contributed by atoms with Crippen LogP contribution < -0.4 is 15.0 Å². The summed E-state index contributed by atoms with van der Waals surface area (Å²) in [7, 11) is 0. The Morgan fingerprint density at radius 3 is 2.06 bits per heavy atom. The number of ether oxygens (including phenoxy) is 1. The topological polar surface area (TPSA) is 61.8 Å². The molecule has 36 heavy (non-hydrogen) atoms. The number of benzene rings is 4. The molecule has 0 radical (unpaired) electrons. The fraction of sp³-hybridized carbons (Fsp3) is 0.167. The molecule has 0 aromatic heterocycles. The third-order valence-electron chi connectivity index (χ3n) is 6.76. The highest BCUT2D eigenvalue weighted by Gasteiger charge is 2.44. The van der Waals surface area contributed by atoms with Crippen LogP contribution in [0.2, 0.25) is 5.02 Å². The number of hydrogen-bond acceptors (Lipinski definition) is 4. The molecule has 5 rings (SSSR count). The fourth-order valence-corrected chi connectivity index (χ4v) is 5.24. The Balaban J connectivity index is 1.85. The van der Waals surface area contributed by atoms with Crippen molar-refractivity contribution < 1.29 is 14.6 Å². The molecule has 6 heteroatoms. The summed E-state index contributed by atoms with van der Waals surface area (Å²) < 4.78 is 6.30. The van der Waals surface area contributed by atoms with Crippen molar-refractivity contribution in [3.05, 3.63) is 118 Å². The van der Waals surface area contributed by atoms with Crippen molar-refractivity contribution in [1.29, 1.82) is 0 Å². The summed E-state index contributed by atoms with van der Waals surface area (Å²) >= 11 is 6.64. The van der Waals surface area contributed by atoms with Crippen LogP contribution in [0.1, 0.15) is 40.9 Å². The van der Waals surface area contributed by atoms with E-state index >= 15 is 0 Å². The number of aromatic carboxylic acids is 1. The molecule has 1 aliphatic rings. The quantitative estimate of drug-likeness (QED) is 0.278. The lowest BCUT2D eigenvalue weighted by Gasteiger charge is -2.42. The highest BCUT2D eigenvalue weighted by molar-refractivity contribution is 6.33. The smallest absolute Gasteiger partial charge is 0.337 e. The van der Waals surface area contributed by atoms with Gasteiger partial charge in [0.1, 0.15) is 17.0 Å². The summed E-state index contributed by atoms with van der Waals surface area (Å²) in [5.41, 5.74) is 3.23. The Morgan fingerprint density at radius 2 is 1.47 bits per heavy atom. The molecule has 0 saturated carbocycles. The number of hydrogen-bond donors (Lipinski definition) is 2.